The summed E-state index contributed by atoms with van der Waals surface area (Å²) in [5.74, 6) is 0.986. The van der Waals surface area contributed by atoms with Gasteiger partial charge in [-0.3, -0.25) is 19.6 Å². The van der Waals surface area contributed by atoms with Gasteiger partial charge in [0.2, 0.25) is 5.91 Å². The Balaban J connectivity index is 0.00000243. The van der Waals surface area contributed by atoms with Gasteiger partial charge in [0.05, 0.1) is 11.5 Å². The smallest absolute Gasteiger partial charge is 0.312 e. The number of aromatic nitrogens is 2. The highest BCUT2D eigenvalue weighted by Crippen LogP contribution is 2.28. The molecule has 9 heteroatoms. The van der Waals surface area contributed by atoms with Crippen LogP contribution in [0.5, 0.6) is 0 Å². The number of nitro groups is 1. The molecule has 1 aromatic rings. The van der Waals surface area contributed by atoms with Gasteiger partial charge in [0.15, 0.2) is 0 Å². The van der Waals surface area contributed by atoms with E-state index < -0.39 is 4.92 Å². The summed E-state index contributed by atoms with van der Waals surface area (Å²) in [6.45, 7) is 6.40. The van der Waals surface area contributed by atoms with Crippen LogP contribution in [0.3, 0.4) is 0 Å². The number of likely N-dealkylation sites (tertiary alicyclic amines) is 1. The van der Waals surface area contributed by atoms with Gasteiger partial charge in [0, 0.05) is 25.6 Å². The minimum absolute atomic E-state index is 0. The molecular weight excluding hydrogens is 358 g/mol. The molecule has 0 unspecified atom stereocenters. The first-order valence-corrected chi connectivity index (χ1v) is 9.15. The highest BCUT2D eigenvalue weighted by Gasteiger charge is 2.26. The number of carbonyl (C=O) groups is 1. The van der Waals surface area contributed by atoms with Crippen LogP contribution in [-0.2, 0) is 11.3 Å². The largest absolute Gasteiger partial charge is 0.343 e. The third-order valence-electron chi connectivity index (χ3n) is 5.30. The monoisotopic (exact) mass is 385 g/mol. The van der Waals surface area contributed by atoms with E-state index >= 15 is 0 Å². The Kier molecular flexibility index (Phi) is 7.00. The van der Waals surface area contributed by atoms with E-state index in [1.807, 2.05) is 4.90 Å². The Morgan fingerprint density at radius 1 is 1.27 bits per heavy atom. The first kappa shape index (κ1) is 20.6. The maximum atomic E-state index is 12.4. The lowest BCUT2D eigenvalue weighted by molar-refractivity contribution is -0.386. The van der Waals surface area contributed by atoms with Gasteiger partial charge in [-0.2, -0.15) is 5.10 Å². The zero-order valence-electron chi connectivity index (χ0n) is 15.4. The van der Waals surface area contributed by atoms with E-state index in [1.54, 1.807) is 18.5 Å². The summed E-state index contributed by atoms with van der Waals surface area (Å²) in [5, 5.41) is 18.9. The van der Waals surface area contributed by atoms with E-state index in [1.165, 1.54) is 12.8 Å². The zero-order chi connectivity index (χ0) is 18.0. The van der Waals surface area contributed by atoms with Crippen molar-refractivity contribution < 1.29 is 9.72 Å². The molecule has 2 heterocycles. The molecule has 1 aliphatic heterocycles. The van der Waals surface area contributed by atoms with Crippen LogP contribution in [0.25, 0.3) is 0 Å². The van der Waals surface area contributed by atoms with Crippen LogP contribution in [0.2, 0.25) is 0 Å². The molecule has 0 aromatic carbocycles. The van der Waals surface area contributed by atoms with E-state index in [0.29, 0.717) is 30.4 Å². The Morgan fingerprint density at radius 2 is 1.92 bits per heavy atom. The van der Waals surface area contributed by atoms with Crippen LogP contribution in [0.4, 0.5) is 5.69 Å². The fraction of sp³-hybridized carbons (Fsp3) is 0.765. The van der Waals surface area contributed by atoms with Crippen LogP contribution >= 0.6 is 12.4 Å². The molecule has 0 radical (unpaired) electrons. The van der Waals surface area contributed by atoms with Crippen molar-refractivity contribution in [3.63, 3.8) is 0 Å². The number of carbonyl (C=O) groups excluding carboxylic acids is 1. The van der Waals surface area contributed by atoms with Gasteiger partial charge in [-0.05, 0) is 52.0 Å². The topological polar surface area (TPSA) is 93.3 Å². The number of halogens is 1. The van der Waals surface area contributed by atoms with E-state index in [0.717, 1.165) is 38.4 Å². The van der Waals surface area contributed by atoms with Crippen molar-refractivity contribution in [2.45, 2.75) is 58.5 Å². The lowest BCUT2D eigenvalue weighted by Crippen LogP contribution is -2.45. The van der Waals surface area contributed by atoms with Gasteiger partial charge < -0.3 is 10.2 Å². The van der Waals surface area contributed by atoms with E-state index in [2.05, 4.69) is 10.4 Å². The fourth-order valence-corrected chi connectivity index (χ4v) is 3.52. The molecule has 0 atom stereocenters. The second-order valence-corrected chi connectivity index (χ2v) is 7.26. The molecule has 0 spiro atoms. The highest BCUT2D eigenvalue weighted by atomic mass is 35.5. The fourth-order valence-electron chi connectivity index (χ4n) is 3.52. The number of aryl methyl sites for hydroxylation is 2. The van der Waals surface area contributed by atoms with Gasteiger partial charge in [0.25, 0.3) is 0 Å². The predicted octanol–water partition coefficient (Wildman–Crippen LogP) is 2.21. The van der Waals surface area contributed by atoms with Crippen molar-refractivity contribution in [2.75, 3.05) is 19.6 Å². The normalized spacial score (nSPS) is 17.8. The van der Waals surface area contributed by atoms with Crippen molar-refractivity contribution in [1.29, 1.82) is 0 Å². The first-order valence-electron chi connectivity index (χ1n) is 9.15. The maximum Gasteiger partial charge on any atom is 0.312 e. The summed E-state index contributed by atoms with van der Waals surface area (Å²) in [7, 11) is 0. The quantitative estimate of drug-likeness (QED) is 0.573. The molecule has 0 bridgehead atoms. The summed E-state index contributed by atoms with van der Waals surface area (Å²) >= 11 is 0. The van der Waals surface area contributed by atoms with Crippen LogP contribution < -0.4 is 5.32 Å². The number of amides is 1. The Hall–Kier alpha value is -1.67. The van der Waals surface area contributed by atoms with Crippen LogP contribution in [-0.4, -0.2) is 51.2 Å². The van der Waals surface area contributed by atoms with E-state index in [9.17, 15) is 14.9 Å². The molecule has 2 fully saturated rings. The minimum Gasteiger partial charge on any atom is -0.343 e. The number of hydrogen-bond acceptors (Lipinski definition) is 5. The van der Waals surface area contributed by atoms with Crippen molar-refractivity contribution in [1.82, 2.24) is 20.0 Å². The average molecular weight is 386 g/mol. The number of nitrogens with zero attached hydrogens (tertiary/aromatic N) is 4. The third kappa shape index (κ3) is 4.94. The van der Waals surface area contributed by atoms with Crippen LogP contribution in [0, 0.1) is 29.9 Å². The molecule has 2 aliphatic rings. The molecule has 1 saturated heterocycles. The second kappa shape index (κ2) is 8.81. The molecule has 1 saturated carbocycles. The van der Waals surface area contributed by atoms with Gasteiger partial charge in [-0.25, -0.2) is 0 Å². The predicted molar refractivity (Wildman–Crippen MR) is 101 cm³/mol. The number of piperidine rings is 1. The van der Waals surface area contributed by atoms with Crippen LogP contribution in [0.15, 0.2) is 0 Å². The molecule has 26 heavy (non-hydrogen) atoms. The van der Waals surface area contributed by atoms with Crippen molar-refractivity contribution >= 4 is 24.0 Å². The third-order valence-corrected chi connectivity index (χ3v) is 5.30. The molecule has 1 amide bonds. The molecule has 3 rings (SSSR count). The van der Waals surface area contributed by atoms with Gasteiger partial charge >= 0.3 is 5.69 Å². The first-order chi connectivity index (χ1) is 12.0. The number of nitrogens with one attached hydrogen (secondary N) is 1. The summed E-state index contributed by atoms with van der Waals surface area (Å²) < 4.78 is 1.58. The summed E-state index contributed by atoms with van der Waals surface area (Å²) in [6, 6.07) is 0.531. The highest BCUT2D eigenvalue weighted by molar-refractivity contribution is 5.85. The van der Waals surface area contributed by atoms with Crippen molar-refractivity contribution in [2.24, 2.45) is 5.92 Å². The number of hydrogen-bond donors (Lipinski definition) is 1. The van der Waals surface area contributed by atoms with E-state index in [4.69, 9.17) is 0 Å². The molecule has 1 aromatic heterocycles. The zero-order valence-corrected chi connectivity index (χ0v) is 16.3. The maximum absolute atomic E-state index is 12.4. The molecule has 1 aliphatic carbocycles. The van der Waals surface area contributed by atoms with Crippen LogP contribution in [0.1, 0.15) is 43.5 Å². The number of rotatable bonds is 7. The van der Waals surface area contributed by atoms with Gasteiger partial charge in [0.1, 0.15) is 11.4 Å². The molecule has 8 nitrogen and oxygen atoms in total. The Labute approximate surface area is 159 Å². The summed E-state index contributed by atoms with van der Waals surface area (Å²) in [5.41, 5.74) is 0.964. The van der Waals surface area contributed by atoms with Crippen molar-refractivity contribution in [3.05, 3.63) is 21.5 Å². The molecule has 1 N–H and O–H groups in total. The lowest BCUT2D eigenvalue weighted by atomic mass is 10.0. The SMILES string of the molecule is Cc1nn(CCC(=O)N2CCC(NCC3CC3)CC2)c(C)c1[N+](=O)[O-].Cl. The Morgan fingerprint density at radius 3 is 2.46 bits per heavy atom. The Bertz CT molecular complexity index is 651. The van der Waals surface area contributed by atoms with Gasteiger partial charge in [-0.1, -0.05) is 0 Å². The average Bonchev–Trinajstić information content (AvgIpc) is 3.36. The minimum atomic E-state index is -0.407. The second-order valence-electron chi connectivity index (χ2n) is 7.26. The van der Waals surface area contributed by atoms with Crippen molar-refractivity contribution in [3.8, 4) is 0 Å². The van der Waals surface area contributed by atoms with E-state index in [-0.39, 0.29) is 24.0 Å². The lowest BCUT2D eigenvalue weighted by Gasteiger charge is -2.32. The van der Waals surface area contributed by atoms with Gasteiger partial charge in [-0.15, -0.1) is 12.4 Å². The molecular formula is C17H28ClN5O3. The molecule has 146 valence electrons. The standard InChI is InChI=1S/C17H27N5O3.ClH/c1-12-17(22(24)25)13(2)21(19-12)10-7-16(23)20-8-5-15(6-9-20)18-11-14-3-4-14;/h14-15,18H,3-11H2,1-2H3;1H. The summed E-state index contributed by atoms with van der Waals surface area (Å²) in [4.78, 5) is 25.0. The summed E-state index contributed by atoms with van der Waals surface area (Å²) in [6.07, 6.45) is 5.05.